The predicted octanol–water partition coefficient (Wildman–Crippen LogP) is 2.29. The average molecular weight is 348 g/mol. The Bertz CT molecular complexity index is 796. The van der Waals surface area contributed by atoms with Crippen LogP contribution in [0.3, 0.4) is 0 Å². The number of nitro benzene ring substituents is 1. The van der Waals surface area contributed by atoms with Crippen LogP contribution in [-0.2, 0) is 14.3 Å². The Kier molecular flexibility index (Phi) is 5.99. The van der Waals surface area contributed by atoms with Crippen molar-refractivity contribution in [2.45, 2.75) is 0 Å². The Morgan fingerprint density at radius 2 is 1.76 bits per heavy atom. The number of ether oxygens (including phenoxy) is 2. The van der Waals surface area contributed by atoms with Crippen LogP contribution in [0, 0.1) is 15.9 Å². The van der Waals surface area contributed by atoms with Crippen molar-refractivity contribution < 1.29 is 28.4 Å². The molecule has 2 rings (SSSR count). The first kappa shape index (κ1) is 17.9. The number of nitrogens with one attached hydrogen (secondary N) is 1. The standard InChI is InChI=1S/C16H13FN2O6/c17-11-5-1-2-6-12(11)18-15(20)9-25-16(21)10-24-14-8-4-3-7-13(14)19(22)23/h1-8H,9-10H2,(H,18,20). The number of esters is 1. The molecule has 0 fully saturated rings. The van der Waals surface area contributed by atoms with Gasteiger partial charge < -0.3 is 14.8 Å². The lowest BCUT2D eigenvalue weighted by molar-refractivity contribution is -0.385. The Morgan fingerprint density at radius 3 is 2.48 bits per heavy atom. The maximum Gasteiger partial charge on any atom is 0.344 e. The van der Waals surface area contributed by atoms with Crippen LogP contribution in [0.25, 0.3) is 0 Å². The summed E-state index contributed by atoms with van der Waals surface area (Å²) < 4.78 is 23.1. The third-order valence-corrected chi connectivity index (χ3v) is 2.92. The van der Waals surface area contributed by atoms with E-state index in [1.165, 1.54) is 48.5 Å². The predicted molar refractivity (Wildman–Crippen MR) is 84.6 cm³/mol. The molecule has 0 spiro atoms. The third-order valence-electron chi connectivity index (χ3n) is 2.92. The summed E-state index contributed by atoms with van der Waals surface area (Å²) in [7, 11) is 0. The summed E-state index contributed by atoms with van der Waals surface area (Å²) in [4.78, 5) is 33.3. The highest BCUT2D eigenvalue weighted by molar-refractivity contribution is 5.92. The van der Waals surface area contributed by atoms with Gasteiger partial charge in [-0.1, -0.05) is 24.3 Å². The minimum Gasteiger partial charge on any atom is -0.475 e. The number of nitro groups is 1. The van der Waals surface area contributed by atoms with Gasteiger partial charge in [-0.15, -0.1) is 0 Å². The summed E-state index contributed by atoms with van der Waals surface area (Å²) in [5.41, 5.74) is -0.340. The summed E-state index contributed by atoms with van der Waals surface area (Å²) in [6.45, 7) is -1.26. The first-order chi connectivity index (χ1) is 12.0. The Morgan fingerprint density at radius 1 is 1.08 bits per heavy atom. The first-order valence-corrected chi connectivity index (χ1v) is 7.03. The van der Waals surface area contributed by atoms with Crippen LogP contribution < -0.4 is 10.1 Å². The van der Waals surface area contributed by atoms with E-state index in [9.17, 15) is 24.1 Å². The number of amides is 1. The molecule has 1 amide bonds. The van der Waals surface area contributed by atoms with Crippen molar-refractivity contribution in [3.8, 4) is 5.75 Å². The number of benzene rings is 2. The monoisotopic (exact) mass is 348 g/mol. The maximum absolute atomic E-state index is 13.4. The molecule has 8 nitrogen and oxygen atoms in total. The molecule has 0 unspecified atom stereocenters. The fraction of sp³-hybridized carbons (Fsp3) is 0.125. The maximum atomic E-state index is 13.4. The molecule has 0 bridgehead atoms. The van der Waals surface area contributed by atoms with E-state index in [0.29, 0.717) is 0 Å². The van der Waals surface area contributed by atoms with Gasteiger partial charge in [0.15, 0.2) is 19.0 Å². The number of hydrogen-bond acceptors (Lipinski definition) is 6. The lowest BCUT2D eigenvalue weighted by Gasteiger charge is -2.08. The lowest BCUT2D eigenvalue weighted by atomic mass is 10.3. The molecule has 0 aliphatic carbocycles. The van der Waals surface area contributed by atoms with Crippen LogP contribution in [0.4, 0.5) is 15.8 Å². The molecule has 0 radical (unpaired) electrons. The second kappa shape index (κ2) is 8.39. The zero-order valence-electron chi connectivity index (χ0n) is 12.8. The van der Waals surface area contributed by atoms with Crippen molar-refractivity contribution in [1.82, 2.24) is 0 Å². The number of nitrogens with zero attached hydrogens (tertiary/aromatic N) is 1. The van der Waals surface area contributed by atoms with Crippen molar-refractivity contribution in [2.24, 2.45) is 0 Å². The summed E-state index contributed by atoms with van der Waals surface area (Å²) in [6.07, 6.45) is 0. The van der Waals surface area contributed by atoms with Gasteiger partial charge in [-0.05, 0) is 18.2 Å². The number of carbonyl (C=O) groups is 2. The Hall–Kier alpha value is -3.49. The molecule has 2 aromatic carbocycles. The first-order valence-electron chi connectivity index (χ1n) is 7.03. The van der Waals surface area contributed by atoms with E-state index in [2.05, 4.69) is 10.1 Å². The molecule has 130 valence electrons. The van der Waals surface area contributed by atoms with E-state index in [-0.39, 0.29) is 17.1 Å². The zero-order chi connectivity index (χ0) is 18.2. The normalized spacial score (nSPS) is 9.96. The van der Waals surface area contributed by atoms with Gasteiger partial charge in [0.25, 0.3) is 5.91 Å². The largest absolute Gasteiger partial charge is 0.475 e. The molecule has 25 heavy (non-hydrogen) atoms. The summed E-state index contributed by atoms with van der Waals surface area (Å²) in [6, 6.07) is 11.0. The highest BCUT2D eigenvalue weighted by Gasteiger charge is 2.16. The second-order valence-electron chi connectivity index (χ2n) is 4.70. The molecule has 0 heterocycles. The van der Waals surface area contributed by atoms with E-state index in [4.69, 9.17) is 4.74 Å². The van der Waals surface area contributed by atoms with Crippen LogP contribution >= 0.6 is 0 Å². The molecular formula is C16H13FN2O6. The Balaban J connectivity index is 1.80. The number of halogens is 1. The molecule has 0 atom stereocenters. The topological polar surface area (TPSA) is 108 Å². The van der Waals surface area contributed by atoms with Crippen molar-refractivity contribution >= 4 is 23.3 Å². The smallest absolute Gasteiger partial charge is 0.344 e. The van der Waals surface area contributed by atoms with E-state index in [1.807, 2.05) is 0 Å². The summed E-state index contributed by atoms with van der Waals surface area (Å²) in [5.74, 6) is -2.35. The van der Waals surface area contributed by atoms with Crippen molar-refractivity contribution in [2.75, 3.05) is 18.5 Å². The van der Waals surface area contributed by atoms with E-state index in [0.717, 1.165) is 0 Å². The molecule has 9 heteroatoms. The molecule has 0 saturated heterocycles. The molecule has 0 aliphatic heterocycles. The van der Waals surface area contributed by atoms with Gasteiger partial charge in [-0.2, -0.15) is 0 Å². The zero-order valence-corrected chi connectivity index (χ0v) is 12.8. The van der Waals surface area contributed by atoms with E-state index in [1.54, 1.807) is 0 Å². The minimum absolute atomic E-state index is 0.0419. The number of rotatable bonds is 7. The van der Waals surface area contributed by atoms with Crippen LogP contribution in [0.15, 0.2) is 48.5 Å². The molecule has 2 aromatic rings. The Labute approximate surface area is 141 Å². The fourth-order valence-electron chi connectivity index (χ4n) is 1.80. The third kappa shape index (κ3) is 5.27. The van der Waals surface area contributed by atoms with Gasteiger partial charge in [0, 0.05) is 6.07 Å². The SMILES string of the molecule is O=C(COC(=O)COc1ccccc1[N+](=O)[O-])Nc1ccccc1F. The molecule has 0 aromatic heterocycles. The summed E-state index contributed by atoms with van der Waals surface area (Å²) in [5, 5.41) is 13.1. The molecular weight excluding hydrogens is 335 g/mol. The number of para-hydroxylation sites is 3. The molecule has 1 N–H and O–H groups in total. The van der Waals surface area contributed by atoms with Gasteiger partial charge in [0.05, 0.1) is 10.6 Å². The van der Waals surface area contributed by atoms with E-state index >= 15 is 0 Å². The molecule has 0 saturated carbocycles. The summed E-state index contributed by atoms with van der Waals surface area (Å²) >= 11 is 0. The van der Waals surface area contributed by atoms with Gasteiger partial charge in [-0.25, -0.2) is 9.18 Å². The van der Waals surface area contributed by atoms with Gasteiger partial charge >= 0.3 is 11.7 Å². The van der Waals surface area contributed by atoms with Crippen LogP contribution in [-0.4, -0.2) is 30.0 Å². The lowest BCUT2D eigenvalue weighted by Crippen LogP contribution is -2.24. The fourth-order valence-corrected chi connectivity index (χ4v) is 1.80. The average Bonchev–Trinajstić information content (AvgIpc) is 2.60. The second-order valence-corrected chi connectivity index (χ2v) is 4.70. The minimum atomic E-state index is -0.901. The van der Waals surface area contributed by atoms with Crippen molar-refractivity contribution in [1.29, 1.82) is 0 Å². The number of carbonyl (C=O) groups excluding carboxylic acids is 2. The molecule has 0 aliphatic rings. The quantitative estimate of drug-likeness (QED) is 0.467. The van der Waals surface area contributed by atoms with Gasteiger partial charge in [0.2, 0.25) is 0 Å². The van der Waals surface area contributed by atoms with Gasteiger partial charge in [-0.3, -0.25) is 14.9 Å². The van der Waals surface area contributed by atoms with Crippen molar-refractivity contribution in [3.05, 3.63) is 64.5 Å². The van der Waals surface area contributed by atoms with Gasteiger partial charge in [0.1, 0.15) is 5.82 Å². The van der Waals surface area contributed by atoms with Crippen LogP contribution in [0.2, 0.25) is 0 Å². The van der Waals surface area contributed by atoms with Crippen LogP contribution in [0.1, 0.15) is 0 Å². The van der Waals surface area contributed by atoms with E-state index < -0.39 is 35.8 Å². The highest BCUT2D eigenvalue weighted by Crippen LogP contribution is 2.25. The van der Waals surface area contributed by atoms with Crippen LogP contribution in [0.5, 0.6) is 5.75 Å². The number of anilines is 1. The number of hydrogen-bond donors (Lipinski definition) is 1. The highest BCUT2D eigenvalue weighted by atomic mass is 19.1. The van der Waals surface area contributed by atoms with Crippen molar-refractivity contribution in [3.63, 3.8) is 0 Å².